The molecule has 0 aliphatic carbocycles. The third kappa shape index (κ3) is 2.70. The van der Waals surface area contributed by atoms with Crippen molar-refractivity contribution < 1.29 is 4.52 Å². The van der Waals surface area contributed by atoms with Crippen molar-refractivity contribution in [3.8, 4) is 22.6 Å². The third-order valence-electron chi connectivity index (χ3n) is 4.13. The lowest BCUT2D eigenvalue weighted by atomic mass is 10.2. The SMILES string of the molecule is CN1CCC[C@H]1c1nc(-c2ccc(-c3cncnc3)nc2)no1. The lowest BCUT2D eigenvalue weighted by Gasteiger charge is -2.14. The van der Waals surface area contributed by atoms with Gasteiger partial charge in [-0.05, 0) is 38.6 Å². The average molecular weight is 308 g/mol. The van der Waals surface area contributed by atoms with Crippen molar-refractivity contribution in [1.82, 2.24) is 30.0 Å². The first-order valence-corrected chi connectivity index (χ1v) is 7.57. The van der Waals surface area contributed by atoms with Gasteiger partial charge in [-0.3, -0.25) is 9.88 Å². The van der Waals surface area contributed by atoms with Gasteiger partial charge in [0, 0.05) is 29.7 Å². The van der Waals surface area contributed by atoms with Crippen molar-refractivity contribution in [2.75, 3.05) is 13.6 Å². The van der Waals surface area contributed by atoms with Crippen LogP contribution in [0.1, 0.15) is 24.8 Å². The molecule has 0 unspecified atom stereocenters. The summed E-state index contributed by atoms with van der Waals surface area (Å²) < 4.78 is 5.44. The van der Waals surface area contributed by atoms with E-state index in [4.69, 9.17) is 4.52 Å². The highest BCUT2D eigenvalue weighted by atomic mass is 16.5. The molecule has 0 aromatic carbocycles. The summed E-state index contributed by atoms with van der Waals surface area (Å²) in [6.45, 7) is 1.07. The quantitative estimate of drug-likeness (QED) is 0.734. The molecule has 0 saturated carbocycles. The molecular weight excluding hydrogens is 292 g/mol. The summed E-state index contributed by atoms with van der Waals surface area (Å²) in [5.74, 6) is 1.25. The summed E-state index contributed by atoms with van der Waals surface area (Å²) in [4.78, 5) is 19.2. The van der Waals surface area contributed by atoms with Crippen LogP contribution in [0.4, 0.5) is 0 Å². The van der Waals surface area contributed by atoms with Gasteiger partial charge in [0.2, 0.25) is 11.7 Å². The van der Waals surface area contributed by atoms with Crippen LogP contribution in [-0.2, 0) is 0 Å². The van der Waals surface area contributed by atoms with Gasteiger partial charge < -0.3 is 4.52 Å². The zero-order chi connectivity index (χ0) is 15.6. The van der Waals surface area contributed by atoms with E-state index in [0.717, 1.165) is 36.2 Å². The first-order valence-electron chi connectivity index (χ1n) is 7.57. The molecule has 1 saturated heterocycles. The first kappa shape index (κ1) is 14.0. The fraction of sp³-hybridized carbons (Fsp3) is 0.312. The van der Waals surface area contributed by atoms with E-state index in [1.54, 1.807) is 18.6 Å². The maximum Gasteiger partial charge on any atom is 0.244 e. The van der Waals surface area contributed by atoms with E-state index in [0.29, 0.717) is 11.7 Å². The molecule has 7 nitrogen and oxygen atoms in total. The number of nitrogens with zero attached hydrogens (tertiary/aromatic N) is 6. The largest absolute Gasteiger partial charge is 0.337 e. The first-order chi connectivity index (χ1) is 11.3. The Balaban J connectivity index is 1.58. The molecule has 0 amide bonds. The summed E-state index contributed by atoms with van der Waals surface area (Å²) in [6, 6.07) is 4.07. The normalized spacial score (nSPS) is 18.4. The Morgan fingerprint density at radius 2 is 2.00 bits per heavy atom. The Labute approximate surface area is 133 Å². The lowest BCUT2D eigenvalue weighted by molar-refractivity contribution is 0.245. The molecule has 3 aromatic heterocycles. The van der Waals surface area contributed by atoms with Gasteiger partial charge >= 0.3 is 0 Å². The van der Waals surface area contributed by atoms with Crippen molar-refractivity contribution in [2.24, 2.45) is 0 Å². The van der Waals surface area contributed by atoms with Crippen LogP contribution in [0.2, 0.25) is 0 Å². The van der Waals surface area contributed by atoms with Gasteiger partial charge in [0.15, 0.2) is 0 Å². The van der Waals surface area contributed by atoms with E-state index in [2.05, 4.69) is 37.0 Å². The van der Waals surface area contributed by atoms with Crippen LogP contribution in [0, 0.1) is 0 Å². The highest BCUT2D eigenvalue weighted by molar-refractivity contribution is 5.61. The van der Waals surface area contributed by atoms with Crippen LogP contribution >= 0.6 is 0 Å². The summed E-state index contributed by atoms with van der Waals surface area (Å²) in [6.07, 6.45) is 8.93. The van der Waals surface area contributed by atoms with Crippen molar-refractivity contribution in [1.29, 1.82) is 0 Å². The maximum atomic E-state index is 5.44. The molecule has 1 aliphatic rings. The molecule has 4 rings (SSSR count). The number of hydrogen-bond acceptors (Lipinski definition) is 7. The standard InChI is InChI=1S/C16H16N6O/c1-22-6-2-3-14(22)16-20-15(21-23-16)11-4-5-13(19-9-11)12-7-17-10-18-8-12/h4-5,7-10,14H,2-3,6H2,1H3/t14-/m0/s1. The highest BCUT2D eigenvalue weighted by Gasteiger charge is 2.27. The number of rotatable bonds is 3. The van der Waals surface area contributed by atoms with Crippen LogP contribution in [0.3, 0.4) is 0 Å². The van der Waals surface area contributed by atoms with E-state index >= 15 is 0 Å². The minimum absolute atomic E-state index is 0.227. The van der Waals surface area contributed by atoms with E-state index in [1.165, 1.54) is 6.33 Å². The molecule has 4 heterocycles. The third-order valence-corrected chi connectivity index (χ3v) is 4.13. The molecule has 0 bridgehead atoms. The smallest absolute Gasteiger partial charge is 0.244 e. The fourth-order valence-electron chi connectivity index (χ4n) is 2.84. The number of likely N-dealkylation sites (tertiary alicyclic amines) is 1. The second kappa shape index (κ2) is 5.85. The Morgan fingerprint density at radius 1 is 1.13 bits per heavy atom. The van der Waals surface area contributed by atoms with Gasteiger partial charge in [-0.2, -0.15) is 4.98 Å². The highest BCUT2D eigenvalue weighted by Crippen LogP contribution is 2.30. The second-order valence-corrected chi connectivity index (χ2v) is 5.65. The number of aromatic nitrogens is 5. The Morgan fingerprint density at radius 3 is 2.70 bits per heavy atom. The summed E-state index contributed by atoms with van der Waals surface area (Å²) in [7, 11) is 2.08. The van der Waals surface area contributed by atoms with Crippen LogP contribution < -0.4 is 0 Å². The van der Waals surface area contributed by atoms with Gasteiger partial charge in [0.25, 0.3) is 0 Å². The molecule has 7 heteroatoms. The van der Waals surface area contributed by atoms with Crippen LogP contribution in [0.15, 0.2) is 41.6 Å². The minimum atomic E-state index is 0.227. The van der Waals surface area contributed by atoms with E-state index in [9.17, 15) is 0 Å². The Kier molecular flexibility index (Phi) is 3.55. The van der Waals surface area contributed by atoms with Crippen molar-refractivity contribution >= 4 is 0 Å². The van der Waals surface area contributed by atoms with Gasteiger partial charge in [-0.15, -0.1) is 0 Å². The zero-order valence-electron chi connectivity index (χ0n) is 12.8. The number of hydrogen-bond donors (Lipinski definition) is 0. The van der Waals surface area contributed by atoms with Gasteiger partial charge in [0.1, 0.15) is 6.33 Å². The minimum Gasteiger partial charge on any atom is -0.337 e. The topological polar surface area (TPSA) is 80.8 Å². The molecule has 23 heavy (non-hydrogen) atoms. The number of pyridine rings is 1. The predicted octanol–water partition coefficient (Wildman–Crippen LogP) is 2.36. The molecule has 3 aromatic rings. The summed E-state index contributed by atoms with van der Waals surface area (Å²) in [5, 5.41) is 4.09. The molecule has 116 valence electrons. The zero-order valence-corrected chi connectivity index (χ0v) is 12.8. The van der Waals surface area contributed by atoms with E-state index in [-0.39, 0.29) is 6.04 Å². The molecule has 0 radical (unpaired) electrons. The van der Waals surface area contributed by atoms with Crippen molar-refractivity contribution in [3.63, 3.8) is 0 Å². The van der Waals surface area contributed by atoms with E-state index in [1.807, 2.05) is 12.1 Å². The molecule has 0 spiro atoms. The lowest BCUT2D eigenvalue weighted by Crippen LogP contribution is -2.17. The van der Waals surface area contributed by atoms with Crippen molar-refractivity contribution in [2.45, 2.75) is 18.9 Å². The van der Waals surface area contributed by atoms with Gasteiger partial charge in [-0.25, -0.2) is 9.97 Å². The Bertz CT molecular complexity index is 786. The average Bonchev–Trinajstić information content (AvgIpc) is 3.24. The van der Waals surface area contributed by atoms with Gasteiger partial charge in [-0.1, -0.05) is 5.16 Å². The van der Waals surface area contributed by atoms with Crippen LogP contribution in [0.5, 0.6) is 0 Å². The monoisotopic (exact) mass is 308 g/mol. The molecular formula is C16H16N6O. The van der Waals surface area contributed by atoms with Crippen LogP contribution in [-0.4, -0.2) is 43.6 Å². The molecule has 0 N–H and O–H groups in total. The maximum absolute atomic E-state index is 5.44. The van der Waals surface area contributed by atoms with Crippen LogP contribution in [0.25, 0.3) is 22.6 Å². The van der Waals surface area contributed by atoms with Crippen molar-refractivity contribution in [3.05, 3.63) is 42.9 Å². The Hall–Kier alpha value is -2.67. The van der Waals surface area contributed by atoms with E-state index < -0.39 is 0 Å². The van der Waals surface area contributed by atoms with Gasteiger partial charge in [0.05, 0.1) is 11.7 Å². The fourth-order valence-corrected chi connectivity index (χ4v) is 2.84. The second-order valence-electron chi connectivity index (χ2n) is 5.65. The summed E-state index contributed by atoms with van der Waals surface area (Å²) >= 11 is 0. The predicted molar refractivity (Wildman–Crippen MR) is 83.2 cm³/mol. The molecule has 1 atom stereocenters. The summed E-state index contributed by atoms with van der Waals surface area (Å²) in [5.41, 5.74) is 2.52. The molecule has 1 aliphatic heterocycles. The molecule has 1 fully saturated rings.